The van der Waals surface area contributed by atoms with Crippen LogP contribution < -0.4 is 10.7 Å². The van der Waals surface area contributed by atoms with Crippen molar-refractivity contribution >= 4 is 24.0 Å². The Morgan fingerprint density at radius 3 is 2.38 bits per heavy atom. The van der Waals surface area contributed by atoms with Crippen molar-refractivity contribution in [1.82, 2.24) is 10.7 Å². The number of carboxylic acid groups (broad SMARTS) is 1. The quantitative estimate of drug-likeness (QED) is 0.337. The zero-order valence-corrected chi connectivity index (χ0v) is 13.3. The van der Waals surface area contributed by atoms with Gasteiger partial charge in [-0.2, -0.15) is 5.10 Å². The van der Waals surface area contributed by atoms with Crippen LogP contribution in [0.15, 0.2) is 29.4 Å². The molecule has 0 atom stereocenters. The highest BCUT2D eigenvalue weighted by molar-refractivity contribution is 6.35. The third-order valence-electron chi connectivity index (χ3n) is 3.96. The summed E-state index contributed by atoms with van der Waals surface area (Å²) in [5.41, 5.74) is 2.54. The van der Waals surface area contributed by atoms with Gasteiger partial charge in [0.25, 0.3) is 0 Å². The number of rotatable bonds is 4. The predicted molar refractivity (Wildman–Crippen MR) is 88.8 cm³/mol. The lowest BCUT2D eigenvalue weighted by molar-refractivity contribution is -0.139. The number of amides is 2. The molecular formula is C17H21N3O4. The normalized spacial score (nSPS) is 15.7. The van der Waals surface area contributed by atoms with E-state index in [1.54, 1.807) is 18.2 Å². The minimum Gasteiger partial charge on any atom is -0.478 e. The van der Waals surface area contributed by atoms with Gasteiger partial charge in [-0.1, -0.05) is 43.9 Å². The third-order valence-corrected chi connectivity index (χ3v) is 3.96. The van der Waals surface area contributed by atoms with Gasteiger partial charge in [-0.3, -0.25) is 9.59 Å². The molecule has 0 saturated heterocycles. The van der Waals surface area contributed by atoms with Crippen LogP contribution in [-0.2, 0) is 9.59 Å². The fraction of sp³-hybridized carbons (Fsp3) is 0.412. The average molecular weight is 331 g/mol. The molecule has 7 nitrogen and oxygen atoms in total. The van der Waals surface area contributed by atoms with Crippen molar-refractivity contribution in [2.24, 2.45) is 5.10 Å². The second-order valence-electron chi connectivity index (χ2n) is 5.75. The van der Waals surface area contributed by atoms with E-state index in [0.717, 1.165) is 38.5 Å². The van der Waals surface area contributed by atoms with Gasteiger partial charge in [0.1, 0.15) is 0 Å². The smallest absolute Gasteiger partial charge is 0.336 e. The molecule has 3 N–H and O–H groups in total. The number of hydrogen-bond acceptors (Lipinski definition) is 4. The van der Waals surface area contributed by atoms with Crippen LogP contribution in [-0.4, -0.2) is 35.1 Å². The molecule has 2 amide bonds. The van der Waals surface area contributed by atoms with Crippen molar-refractivity contribution in [2.75, 3.05) is 0 Å². The van der Waals surface area contributed by atoms with Crippen molar-refractivity contribution < 1.29 is 19.5 Å². The van der Waals surface area contributed by atoms with Crippen LogP contribution in [0.1, 0.15) is 54.4 Å². The summed E-state index contributed by atoms with van der Waals surface area (Å²) >= 11 is 0. The van der Waals surface area contributed by atoms with E-state index >= 15 is 0 Å². The zero-order chi connectivity index (χ0) is 17.4. The molecule has 24 heavy (non-hydrogen) atoms. The Hall–Kier alpha value is -2.70. The molecule has 0 unspecified atom stereocenters. The molecule has 0 spiro atoms. The van der Waals surface area contributed by atoms with Gasteiger partial charge in [-0.05, 0) is 18.9 Å². The van der Waals surface area contributed by atoms with Gasteiger partial charge in [0.05, 0.1) is 11.8 Å². The first-order valence-electron chi connectivity index (χ1n) is 8.04. The third kappa shape index (κ3) is 5.19. The zero-order valence-electron chi connectivity index (χ0n) is 13.3. The van der Waals surface area contributed by atoms with E-state index in [-0.39, 0.29) is 11.6 Å². The van der Waals surface area contributed by atoms with E-state index < -0.39 is 17.8 Å². The monoisotopic (exact) mass is 331 g/mol. The summed E-state index contributed by atoms with van der Waals surface area (Å²) in [6, 6.07) is 6.28. The van der Waals surface area contributed by atoms with Gasteiger partial charge in [0.15, 0.2) is 0 Å². The highest BCUT2D eigenvalue weighted by Gasteiger charge is 2.19. The first-order valence-corrected chi connectivity index (χ1v) is 8.04. The first-order chi connectivity index (χ1) is 11.6. The van der Waals surface area contributed by atoms with Crippen molar-refractivity contribution in [2.45, 2.75) is 44.6 Å². The summed E-state index contributed by atoms with van der Waals surface area (Å²) < 4.78 is 0. The Morgan fingerprint density at radius 1 is 1.04 bits per heavy atom. The number of nitrogens with one attached hydrogen (secondary N) is 2. The van der Waals surface area contributed by atoms with E-state index in [9.17, 15) is 14.4 Å². The molecule has 0 bridgehead atoms. The van der Waals surface area contributed by atoms with Crippen LogP contribution in [0.25, 0.3) is 0 Å². The molecule has 0 aromatic heterocycles. The van der Waals surface area contributed by atoms with Crippen molar-refractivity contribution in [3.63, 3.8) is 0 Å². The SMILES string of the molecule is O=C(N/N=C\c1ccccc1C(=O)O)C(=O)NC1CCCCCC1. The molecule has 1 aliphatic rings. The Kier molecular flexibility index (Phi) is 6.48. The Bertz CT molecular complexity index is 634. The van der Waals surface area contributed by atoms with Crippen molar-refractivity contribution in [3.8, 4) is 0 Å². The highest BCUT2D eigenvalue weighted by atomic mass is 16.4. The average Bonchev–Trinajstić information content (AvgIpc) is 2.83. The standard InChI is InChI=1S/C17H21N3O4/c21-15(19-13-8-3-1-2-4-9-13)16(22)20-18-11-12-7-5-6-10-14(12)17(23)24/h5-7,10-11,13H,1-4,8-9H2,(H,19,21)(H,20,22)(H,23,24)/b18-11-. The molecule has 128 valence electrons. The van der Waals surface area contributed by atoms with Crippen LogP contribution in [0.2, 0.25) is 0 Å². The van der Waals surface area contributed by atoms with E-state index in [4.69, 9.17) is 5.11 Å². The molecule has 2 rings (SSSR count). The van der Waals surface area contributed by atoms with E-state index in [2.05, 4.69) is 15.8 Å². The lowest BCUT2D eigenvalue weighted by Gasteiger charge is -2.15. The second-order valence-corrected chi connectivity index (χ2v) is 5.75. The summed E-state index contributed by atoms with van der Waals surface area (Å²) in [4.78, 5) is 34.7. The van der Waals surface area contributed by atoms with Gasteiger partial charge in [-0.25, -0.2) is 10.2 Å². The summed E-state index contributed by atoms with van der Waals surface area (Å²) in [5.74, 6) is -2.66. The Balaban J connectivity index is 1.88. The largest absolute Gasteiger partial charge is 0.478 e. The number of aromatic carboxylic acids is 1. The summed E-state index contributed by atoms with van der Waals surface area (Å²) in [6.07, 6.45) is 7.40. The van der Waals surface area contributed by atoms with E-state index in [0.29, 0.717) is 5.56 Å². The number of carboxylic acids is 1. The van der Waals surface area contributed by atoms with Crippen molar-refractivity contribution in [1.29, 1.82) is 0 Å². The summed E-state index contributed by atoms with van der Waals surface area (Å²) in [7, 11) is 0. The summed E-state index contributed by atoms with van der Waals surface area (Å²) in [5, 5.41) is 15.4. The topological polar surface area (TPSA) is 108 Å². The molecule has 0 heterocycles. The van der Waals surface area contributed by atoms with Crippen molar-refractivity contribution in [3.05, 3.63) is 35.4 Å². The first kappa shape index (κ1) is 17.7. The maximum absolute atomic E-state index is 11.8. The predicted octanol–water partition coefficient (Wildman–Crippen LogP) is 1.67. The molecule has 1 aromatic rings. The number of benzene rings is 1. The molecule has 7 heteroatoms. The maximum Gasteiger partial charge on any atom is 0.336 e. The number of nitrogens with zero attached hydrogens (tertiary/aromatic N) is 1. The van der Waals surface area contributed by atoms with Crippen LogP contribution in [0.4, 0.5) is 0 Å². The Labute approximate surface area is 140 Å². The van der Waals surface area contributed by atoms with E-state index in [1.165, 1.54) is 12.3 Å². The maximum atomic E-state index is 11.8. The van der Waals surface area contributed by atoms with Gasteiger partial charge in [0.2, 0.25) is 0 Å². The number of hydrazone groups is 1. The minimum atomic E-state index is -1.09. The van der Waals surface area contributed by atoms with Gasteiger partial charge < -0.3 is 10.4 Å². The molecule has 0 radical (unpaired) electrons. The number of carbonyl (C=O) groups excluding carboxylic acids is 2. The molecule has 1 aliphatic carbocycles. The lowest BCUT2D eigenvalue weighted by atomic mass is 10.1. The molecular weight excluding hydrogens is 310 g/mol. The van der Waals surface area contributed by atoms with Crippen LogP contribution in [0, 0.1) is 0 Å². The minimum absolute atomic E-state index is 0.0301. The Morgan fingerprint density at radius 2 is 1.71 bits per heavy atom. The van der Waals surface area contributed by atoms with Crippen LogP contribution in [0.3, 0.4) is 0 Å². The van der Waals surface area contributed by atoms with Gasteiger partial charge in [-0.15, -0.1) is 0 Å². The van der Waals surface area contributed by atoms with E-state index in [1.807, 2.05) is 0 Å². The molecule has 1 fully saturated rings. The number of carbonyl (C=O) groups is 3. The number of hydrogen-bond donors (Lipinski definition) is 3. The van der Waals surface area contributed by atoms with Gasteiger partial charge >= 0.3 is 17.8 Å². The van der Waals surface area contributed by atoms with Crippen LogP contribution in [0.5, 0.6) is 0 Å². The van der Waals surface area contributed by atoms with Gasteiger partial charge in [0, 0.05) is 11.6 Å². The molecule has 0 aliphatic heterocycles. The summed E-state index contributed by atoms with van der Waals surface area (Å²) in [6.45, 7) is 0. The fourth-order valence-electron chi connectivity index (χ4n) is 2.69. The molecule has 1 saturated carbocycles. The highest BCUT2D eigenvalue weighted by Crippen LogP contribution is 2.17. The fourth-order valence-corrected chi connectivity index (χ4v) is 2.69. The molecule has 1 aromatic carbocycles. The lowest BCUT2D eigenvalue weighted by Crippen LogP contribution is -2.43. The van der Waals surface area contributed by atoms with Crippen LogP contribution >= 0.6 is 0 Å². The second kappa shape index (κ2) is 8.81.